The monoisotopic (exact) mass is 246 g/mol. The predicted molar refractivity (Wildman–Crippen MR) is 65.1 cm³/mol. The van der Waals surface area contributed by atoms with Crippen molar-refractivity contribution >= 4 is 36.4 Å². The topological polar surface area (TPSA) is 0 Å². The standard InChI is InChI=1S/C8H18Cl2P2/c1-7(2,3)11(9)12(10)8(4,5)6/h1-6H3. The molecule has 2 atom stereocenters. The van der Waals surface area contributed by atoms with Crippen LogP contribution in [0.15, 0.2) is 0 Å². The highest BCUT2D eigenvalue weighted by Crippen LogP contribution is 2.85. The van der Waals surface area contributed by atoms with E-state index in [0.29, 0.717) is 0 Å². The van der Waals surface area contributed by atoms with Gasteiger partial charge in [0.05, 0.1) is 0 Å². The van der Waals surface area contributed by atoms with E-state index in [1.54, 1.807) is 0 Å². The molecule has 0 saturated heterocycles. The fraction of sp³-hybridized carbons (Fsp3) is 1.00. The largest absolute Gasteiger partial charge is 0.0895 e. The molecule has 0 N–H and O–H groups in total. The van der Waals surface area contributed by atoms with Gasteiger partial charge in [-0.15, -0.1) is 0 Å². The van der Waals surface area contributed by atoms with Gasteiger partial charge in [0.2, 0.25) is 0 Å². The predicted octanol–water partition coefficient (Wildman–Crippen LogP) is 5.77. The molecule has 0 spiro atoms. The van der Waals surface area contributed by atoms with E-state index in [1.165, 1.54) is 0 Å². The van der Waals surface area contributed by atoms with Gasteiger partial charge in [-0.1, -0.05) is 64.0 Å². The Balaban J connectivity index is 4.41. The summed E-state index contributed by atoms with van der Waals surface area (Å²) in [4.78, 5) is 0. The molecule has 0 aromatic heterocycles. The zero-order valence-electron chi connectivity index (χ0n) is 8.65. The number of rotatable bonds is 1. The molecule has 0 aliphatic carbocycles. The molecule has 2 unspecified atom stereocenters. The van der Waals surface area contributed by atoms with Crippen LogP contribution in [-0.4, -0.2) is 10.3 Å². The first kappa shape index (κ1) is 13.4. The summed E-state index contributed by atoms with van der Waals surface area (Å²) in [7, 11) is 0. The van der Waals surface area contributed by atoms with Crippen LogP contribution in [0.4, 0.5) is 0 Å². The number of hydrogen-bond acceptors (Lipinski definition) is 0. The van der Waals surface area contributed by atoms with Crippen LogP contribution >= 0.6 is 36.4 Å². The highest BCUT2D eigenvalue weighted by atomic mass is 35.7. The van der Waals surface area contributed by atoms with Crippen molar-refractivity contribution in [2.24, 2.45) is 0 Å². The summed E-state index contributed by atoms with van der Waals surface area (Å²) in [6.07, 6.45) is 0. The van der Waals surface area contributed by atoms with E-state index in [0.717, 1.165) is 0 Å². The van der Waals surface area contributed by atoms with Crippen LogP contribution in [0.1, 0.15) is 41.5 Å². The van der Waals surface area contributed by atoms with Crippen molar-refractivity contribution in [3.05, 3.63) is 0 Å². The fourth-order valence-corrected chi connectivity index (χ4v) is 8.82. The van der Waals surface area contributed by atoms with Crippen LogP contribution in [0.5, 0.6) is 0 Å². The molecule has 0 aliphatic rings. The van der Waals surface area contributed by atoms with E-state index in [9.17, 15) is 0 Å². The Labute approximate surface area is 88.4 Å². The van der Waals surface area contributed by atoms with Crippen molar-refractivity contribution in [1.82, 2.24) is 0 Å². The summed E-state index contributed by atoms with van der Waals surface area (Å²) >= 11 is 12.7. The van der Waals surface area contributed by atoms with E-state index < -0.39 is 13.9 Å². The Bertz CT molecular complexity index is 128. The van der Waals surface area contributed by atoms with E-state index >= 15 is 0 Å². The number of halogens is 2. The minimum atomic E-state index is -0.568. The molecule has 0 aliphatic heterocycles. The molecule has 0 heterocycles. The molecule has 0 fully saturated rings. The summed E-state index contributed by atoms with van der Waals surface area (Å²) < 4.78 is 0. The molecular weight excluding hydrogens is 229 g/mol. The van der Waals surface area contributed by atoms with Crippen molar-refractivity contribution in [3.8, 4) is 0 Å². The van der Waals surface area contributed by atoms with Crippen LogP contribution in [0.25, 0.3) is 0 Å². The molecule has 0 nitrogen and oxygen atoms in total. The van der Waals surface area contributed by atoms with Gasteiger partial charge in [-0.2, -0.15) is 0 Å². The summed E-state index contributed by atoms with van der Waals surface area (Å²) in [5.74, 6) is 0. The SMILES string of the molecule is CC(C)(C)P(Cl)P(Cl)C(C)(C)C. The second-order valence-corrected chi connectivity index (χ2v) is 14.4. The average Bonchev–Trinajstić information content (AvgIpc) is 1.80. The second kappa shape index (κ2) is 4.31. The lowest BCUT2D eigenvalue weighted by atomic mass is 10.3. The van der Waals surface area contributed by atoms with Gasteiger partial charge in [-0.25, -0.2) is 0 Å². The average molecular weight is 247 g/mol. The molecule has 0 radical (unpaired) electrons. The summed E-state index contributed by atoms with van der Waals surface area (Å²) in [5.41, 5.74) is 0. The van der Waals surface area contributed by atoms with Gasteiger partial charge in [-0.05, 0) is 0 Å². The zero-order chi connectivity index (χ0) is 10.2. The minimum Gasteiger partial charge on any atom is -0.0895 e. The highest BCUT2D eigenvalue weighted by molar-refractivity contribution is 8.49. The molecule has 12 heavy (non-hydrogen) atoms. The summed E-state index contributed by atoms with van der Waals surface area (Å²) in [5, 5.41) is 0.329. The van der Waals surface area contributed by atoms with Crippen LogP contribution in [0, 0.1) is 0 Å². The van der Waals surface area contributed by atoms with Gasteiger partial charge in [0, 0.05) is 24.2 Å². The summed E-state index contributed by atoms with van der Waals surface area (Å²) in [6, 6.07) is 0. The molecule has 0 aromatic rings. The Hall–Kier alpha value is 1.44. The molecule has 0 amide bonds. The lowest BCUT2D eigenvalue weighted by molar-refractivity contribution is 0.785. The Kier molecular flexibility index (Phi) is 4.83. The first-order chi connectivity index (χ1) is 5.07. The maximum atomic E-state index is 6.35. The lowest BCUT2D eigenvalue weighted by Gasteiger charge is -2.35. The third-order valence-corrected chi connectivity index (χ3v) is 14.8. The fourth-order valence-electron chi connectivity index (χ4n) is 0.527. The maximum absolute atomic E-state index is 6.35. The third-order valence-electron chi connectivity index (χ3n) is 1.26. The lowest BCUT2D eigenvalue weighted by Crippen LogP contribution is -2.13. The van der Waals surface area contributed by atoms with Crippen LogP contribution in [0.3, 0.4) is 0 Å². The van der Waals surface area contributed by atoms with Crippen molar-refractivity contribution in [3.63, 3.8) is 0 Å². The molecule has 4 heteroatoms. The maximum Gasteiger partial charge on any atom is 0.0368 e. The molecule has 0 bridgehead atoms. The second-order valence-electron chi connectivity index (χ2n) is 4.86. The van der Waals surface area contributed by atoms with Crippen LogP contribution in [0.2, 0.25) is 0 Å². The smallest absolute Gasteiger partial charge is 0.0368 e. The first-order valence-corrected chi connectivity index (χ1v) is 9.18. The van der Waals surface area contributed by atoms with Gasteiger partial charge in [0.15, 0.2) is 0 Å². The van der Waals surface area contributed by atoms with Gasteiger partial charge >= 0.3 is 0 Å². The van der Waals surface area contributed by atoms with E-state index in [1.807, 2.05) is 0 Å². The summed E-state index contributed by atoms with van der Waals surface area (Å²) in [6.45, 7) is 11.8. The number of hydrogen-bond donors (Lipinski definition) is 0. The van der Waals surface area contributed by atoms with Gasteiger partial charge in [-0.3, -0.25) is 0 Å². The van der Waals surface area contributed by atoms with Gasteiger partial charge < -0.3 is 0 Å². The third kappa shape index (κ3) is 4.10. The zero-order valence-corrected chi connectivity index (χ0v) is 12.0. The molecule has 0 rings (SSSR count). The van der Waals surface area contributed by atoms with E-state index in [4.69, 9.17) is 22.5 Å². The van der Waals surface area contributed by atoms with Gasteiger partial charge in [0.1, 0.15) is 0 Å². The Morgan fingerprint density at radius 2 is 0.833 bits per heavy atom. The molecule has 74 valence electrons. The first-order valence-electron chi connectivity index (χ1n) is 3.99. The Morgan fingerprint density at radius 3 is 0.917 bits per heavy atom. The quantitative estimate of drug-likeness (QED) is 0.516. The van der Waals surface area contributed by atoms with E-state index in [2.05, 4.69) is 41.5 Å². The van der Waals surface area contributed by atoms with E-state index in [-0.39, 0.29) is 10.3 Å². The van der Waals surface area contributed by atoms with Gasteiger partial charge in [0.25, 0.3) is 0 Å². The molecule has 0 saturated carbocycles. The van der Waals surface area contributed by atoms with Crippen LogP contribution < -0.4 is 0 Å². The Morgan fingerprint density at radius 1 is 0.667 bits per heavy atom. The minimum absolute atomic E-state index is 0.164. The van der Waals surface area contributed by atoms with Crippen molar-refractivity contribution in [1.29, 1.82) is 0 Å². The van der Waals surface area contributed by atoms with Crippen molar-refractivity contribution in [2.45, 2.75) is 51.9 Å². The normalized spacial score (nSPS) is 19.0. The molecule has 0 aromatic carbocycles. The highest BCUT2D eigenvalue weighted by Gasteiger charge is 2.36. The molecular formula is C8H18Cl2P2. The van der Waals surface area contributed by atoms with Crippen molar-refractivity contribution < 1.29 is 0 Å². The van der Waals surface area contributed by atoms with Crippen molar-refractivity contribution in [2.75, 3.05) is 0 Å². The van der Waals surface area contributed by atoms with Crippen LogP contribution in [-0.2, 0) is 0 Å².